The fourth-order valence-electron chi connectivity index (χ4n) is 2.89. The Morgan fingerprint density at radius 1 is 1.12 bits per heavy atom. The van der Waals surface area contributed by atoms with Crippen molar-refractivity contribution in [2.24, 2.45) is 0 Å². The minimum Gasteiger partial charge on any atom is -0.493 e. The van der Waals surface area contributed by atoms with Crippen molar-refractivity contribution in [1.29, 1.82) is 5.26 Å². The van der Waals surface area contributed by atoms with Gasteiger partial charge in [-0.1, -0.05) is 58.4 Å². The van der Waals surface area contributed by atoms with Crippen molar-refractivity contribution in [3.05, 3.63) is 104 Å². The summed E-state index contributed by atoms with van der Waals surface area (Å²) in [5, 5.41) is 20.5. The number of non-ortho nitro benzene ring substituents is 1. The summed E-state index contributed by atoms with van der Waals surface area (Å²) in [4.78, 5) is 23.1. The first-order valence-electron chi connectivity index (χ1n) is 9.38. The number of nitro benzene ring substituents is 1. The normalized spacial score (nSPS) is 10.8. The molecule has 0 amide bonds. The predicted molar refractivity (Wildman–Crippen MR) is 122 cm³/mol. The fraction of sp³-hybridized carbons (Fsp3) is 0.0833. The van der Waals surface area contributed by atoms with Gasteiger partial charge in [-0.15, -0.1) is 0 Å². The van der Waals surface area contributed by atoms with Crippen molar-refractivity contribution < 1.29 is 19.2 Å². The molecule has 160 valence electrons. The standard InChI is InChI=1S/C24H17BrN2O5/c1-31-22-12-18(21(25)13-23(22)32-15-16-6-3-2-4-7-16)10-19(14-26)24(28)17-8-5-9-20(11-17)27(29)30/h2-13H,15H2,1H3/b19-10+. The Morgan fingerprint density at radius 3 is 2.53 bits per heavy atom. The number of nitrogens with zero attached hydrogens (tertiary/aromatic N) is 2. The molecule has 3 aromatic carbocycles. The second-order valence-corrected chi connectivity index (χ2v) is 7.46. The molecule has 32 heavy (non-hydrogen) atoms. The van der Waals surface area contributed by atoms with E-state index in [1.165, 1.54) is 31.4 Å². The maximum atomic E-state index is 12.8. The van der Waals surface area contributed by atoms with Gasteiger partial charge in [-0.2, -0.15) is 5.26 Å². The number of nitriles is 1. The Bertz CT molecular complexity index is 1230. The van der Waals surface area contributed by atoms with Crippen LogP contribution in [0.15, 0.2) is 76.8 Å². The minimum absolute atomic E-state index is 0.0536. The maximum Gasteiger partial charge on any atom is 0.270 e. The highest BCUT2D eigenvalue weighted by Crippen LogP contribution is 2.35. The van der Waals surface area contributed by atoms with Gasteiger partial charge >= 0.3 is 0 Å². The summed E-state index contributed by atoms with van der Waals surface area (Å²) in [7, 11) is 1.49. The summed E-state index contributed by atoms with van der Waals surface area (Å²) < 4.78 is 11.9. The number of ether oxygens (including phenoxy) is 2. The van der Waals surface area contributed by atoms with Crippen LogP contribution in [0.25, 0.3) is 6.08 Å². The zero-order valence-corrected chi connectivity index (χ0v) is 18.5. The van der Waals surface area contributed by atoms with Crippen LogP contribution in [-0.4, -0.2) is 17.8 Å². The van der Waals surface area contributed by atoms with Crippen LogP contribution >= 0.6 is 15.9 Å². The maximum absolute atomic E-state index is 12.8. The number of allylic oxidation sites excluding steroid dienone is 1. The molecule has 0 saturated carbocycles. The molecule has 0 fully saturated rings. The lowest BCUT2D eigenvalue weighted by Gasteiger charge is -2.13. The van der Waals surface area contributed by atoms with Gasteiger partial charge in [0.25, 0.3) is 5.69 Å². The van der Waals surface area contributed by atoms with E-state index < -0.39 is 10.7 Å². The van der Waals surface area contributed by atoms with Gasteiger partial charge in [-0.3, -0.25) is 14.9 Å². The van der Waals surface area contributed by atoms with Gasteiger partial charge in [0, 0.05) is 22.2 Å². The lowest BCUT2D eigenvalue weighted by atomic mass is 10.0. The number of rotatable bonds is 8. The number of carbonyl (C=O) groups excluding carboxylic acids is 1. The van der Waals surface area contributed by atoms with Crippen molar-refractivity contribution in [1.82, 2.24) is 0 Å². The van der Waals surface area contributed by atoms with E-state index in [0.717, 1.165) is 11.6 Å². The molecule has 0 bridgehead atoms. The van der Waals surface area contributed by atoms with E-state index in [9.17, 15) is 20.2 Å². The largest absolute Gasteiger partial charge is 0.493 e. The van der Waals surface area contributed by atoms with Gasteiger partial charge in [-0.05, 0) is 29.3 Å². The van der Waals surface area contributed by atoms with Crippen LogP contribution in [0.2, 0.25) is 0 Å². The highest BCUT2D eigenvalue weighted by Gasteiger charge is 2.17. The Hall–Kier alpha value is -3.96. The molecule has 0 heterocycles. The second-order valence-electron chi connectivity index (χ2n) is 6.61. The van der Waals surface area contributed by atoms with E-state index in [-0.39, 0.29) is 16.8 Å². The van der Waals surface area contributed by atoms with Crippen molar-refractivity contribution in [3.63, 3.8) is 0 Å². The Labute approximate surface area is 192 Å². The summed E-state index contributed by atoms with van der Waals surface area (Å²) in [6.45, 7) is 0.341. The van der Waals surface area contributed by atoms with E-state index in [1.807, 2.05) is 36.4 Å². The highest BCUT2D eigenvalue weighted by atomic mass is 79.9. The molecule has 0 radical (unpaired) electrons. The Kier molecular flexibility index (Phi) is 7.37. The van der Waals surface area contributed by atoms with Crippen LogP contribution in [0.4, 0.5) is 5.69 Å². The third-order valence-corrected chi connectivity index (χ3v) is 5.19. The molecular weight excluding hydrogens is 476 g/mol. The number of ketones is 1. The number of methoxy groups -OCH3 is 1. The van der Waals surface area contributed by atoms with Crippen LogP contribution in [0, 0.1) is 21.4 Å². The van der Waals surface area contributed by atoms with Crippen LogP contribution in [-0.2, 0) is 6.61 Å². The first-order chi connectivity index (χ1) is 15.4. The smallest absolute Gasteiger partial charge is 0.270 e. The zero-order valence-electron chi connectivity index (χ0n) is 16.9. The molecule has 0 aromatic heterocycles. The van der Waals surface area contributed by atoms with E-state index in [0.29, 0.717) is 28.1 Å². The fourth-order valence-corrected chi connectivity index (χ4v) is 3.33. The van der Waals surface area contributed by atoms with Crippen molar-refractivity contribution in [2.45, 2.75) is 6.61 Å². The predicted octanol–water partition coefficient (Wildman–Crippen LogP) is 5.73. The number of benzene rings is 3. The van der Waals surface area contributed by atoms with Gasteiger partial charge in [0.05, 0.1) is 12.0 Å². The number of nitro groups is 1. The molecular formula is C24H17BrN2O5. The first kappa shape index (κ1) is 22.7. The van der Waals surface area contributed by atoms with Crippen LogP contribution in [0.3, 0.4) is 0 Å². The van der Waals surface area contributed by atoms with Crippen molar-refractivity contribution >= 4 is 33.5 Å². The third kappa shape index (κ3) is 5.39. The number of hydrogen-bond donors (Lipinski definition) is 0. The van der Waals surface area contributed by atoms with Crippen LogP contribution < -0.4 is 9.47 Å². The number of carbonyl (C=O) groups is 1. The van der Waals surface area contributed by atoms with Crippen molar-refractivity contribution in [2.75, 3.05) is 7.11 Å². The monoisotopic (exact) mass is 492 g/mol. The Balaban J connectivity index is 1.90. The molecule has 0 unspecified atom stereocenters. The molecule has 3 aromatic rings. The van der Waals surface area contributed by atoms with Crippen molar-refractivity contribution in [3.8, 4) is 17.6 Å². The Morgan fingerprint density at radius 2 is 1.88 bits per heavy atom. The molecule has 3 rings (SSSR count). The van der Waals surface area contributed by atoms with Gasteiger partial charge in [0.15, 0.2) is 11.5 Å². The van der Waals surface area contributed by atoms with Crippen LogP contribution in [0.5, 0.6) is 11.5 Å². The summed E-state index contributed by atoms with van der Waals surface area (Å²) in [6, 6.07) is 20.1. The second kappa shape index (κ2) is 10.4. The summed E-state index contributed by atoms with van der Waals surface area (Å²) in [6.07, 6.45) is 1.40. The minimum atomic E-state index is -0.619. The van der Waals surface area contributed by atoms with E-state index in [1.54, 1.807) is 12.1 Å². The molecule has 0 atom stereocenters. The van der Waals surface area contributed by atoms with E-state index in [2.05, 4.69) is 15.9 Å². The molecule has 8 heteroatoms. The first-order valence-corrected chi connectivity index (χ1v) is 10.2. The summed E-state index contributed by atoms with van der Waals surface area (Å²) in [5.41, 5.74) is 1.16. The van der Waals surface area contributed by atoms with E-state index >= 15 is 0 Å². The molecule has 0 aliphatic heterocycles. The average molecular weight is 493 g/mol. The summed E-state index contributed by atoms with van der Waals surface area (Å²) >= 11 is 3.44. The number of halogens is 1. The number of hydrogen-bond acceptors (Lipinski definition) is 6. The van der Waals surface area contributed by atoms with Gasteiger partial charge in [0.2, 0.25) is 5.78 Å². The number of Topliss-reactive ketones (excluding diaryl/α,β-unsaturated/α-hetero) is 1. The molecule has 0 aliphatic carbocycles. The SMILES string of the molecule is COc1cc(/C=C(\C#N)C(=O)c2cccc([N+](=O)[O-])c2)c(Br)cc1OCc1ccccc1. The molecule has 7 nitrogen and oxygen atoms in total. The van der Waals surface area contributed by atoms with Gasteiger partial charge in [0.1, 0.15) is 18.2 Å². The zero-order chi connectivity index (χ0) is 23.1. The van der Waals surface area contributed by atoms with Gasteiger partial charge < -0.3 is 9.47 Å². The highest BCUT2D eigenvalue weighted by molar-refractivity contribution is 9.10. The summed E-state index contributed by atoms with van der Waals surface area (Å²) in [5.74, 6) is 0.297. The molecule has 0 N–H and O–H groups in total. The lowest BCUT2D eigenvalue weighted by Crippen LogP contribution is -2.03. The molecule has 0 saturated heterocycles. The van der Waals surface area contributed by atoms with E-state index in [4.69, 9.17) is 9.47 Å². The topological polar surface area (TPSA) is 102 Å². The van der Waals surface area contributed by atoms with Crippen LogP contribution in [0.1, 0.15) is 21.5 Å². The molecule has 0 spiro atoms. The lowest BCUT2D eigenvalue weighted by molar-refractivity contribution is -0.384. The quantitative estimate of drug-likeness (QED) is 0.131. The average Bonchev–Trinajstić information content (AvgIpc) is 2.82. The van der Waals surface area contributed by atoms with Gasteiger partial charge in [-0.25, -0.2) is 0 Å². The third-order valence-electron chi connectivity index (χ3n) is 4.50. The molecule has 0 aliphatic rings.